The molecule has 2 aromatic heterocycles. The van der Waals surface area contributed by atoms with E-state index in [2.05, 4.69) is 58.3 Å². The predicted octanol–water partition coefficient (Wildman–Crippen LogP) is 4.13. The Morgan fingerprint density at radius 1 is 0.550 bits per heavy atom. The van der Waals surface area contributed by atoms with Gasteiger partial charge in [-0.3, -0.25) is 0 Å². The molecule has 0 unspecified atom stereocenters. The molecule has 0 aliphatic carbocycles. The van der Waals surface area contributed by atoms with Gasteiger partial charge in [-0.15, -0.1) is 0 Å². The molecule has 2 aromatic carbocycles. The van der Waals surface area contributed by atoms with E-state index < -0.39 is 0 Å². The second-order valence-electron chi connectivity index (χ2n) is 10.2. The molecule has 2 saturated heterocycles. The number of piperidine rings is 2. The first-order valence-corrected chi connectivity index (χ1v) is 23.3. The fraction of sp³-hybridized carbons (Fsp3) is 0.312. The van der Waals surface area contributed by atoms with Crippen LogP contribution in [-0.4, -0.2) is 81.4 Å². The van der Waals surface area contributed by atoms with Gasteiger partial charge >= 0.3 is 262 Å². The summed E-state index contributed by atoms with van der Waals surface area (Å²) in [7, 11) is 0. The average Bonchev–Trinajstić information content (AvgIpc) is 3.66. The molecule has 4 aromatic rings. The van der Waals surface area contributed by atoms with Crippen LogP contribution in [0, 0.1) is 22.7 Å². The van der Waals surface area contributed by atoms with Crippen molar-refractivity contribution in [1.29, 1.82) is 10.5 Å². The molecule has 0 saturated carbocycles. The molecule has 4 heterocycles. The van der Waals surface area contributed by atoms with E-state index in [4.69, 9.17) is 0 Å². The summed E-state index contributed by atoms with van der Waals surface area (Å²) in [5.41, 5.74) is 4.07. The maximum atomic E-state index is 9.33. The molecule has 0 radical (unpaired) electrons. The summed E-state index contributed by atoms with van der Waals surface area (Å²) in [5.74, 6) is 0. The van der Waals surface area contributed by atoms with Gasteiger partial charge in [0.2, 0.25) is 0 Å². The van der Waals surface area contributed by atoms with Gasteiger partial charge in [-0.05, 0) is 0 Å². The number of nitriles is 2. The molecule has 2 fully saturated rings. The van der Waals surface area contributed by atoms with Crippen molar-refractivity contribution in [1.82, 2.24) is 0 Å². The van der Waals surface area contributed by atoms with Crippen LogP contribution in [0.15, 0.2) is 60.7 Å². The third kappa shape index (κ3) is 6.42. The molecule has 0 N–H and O–H groups in total. The van der Waals surface area contributed by atoms with Crippen molar-refractivity contribution in [2.45, 2.75) is 38.5 Å². The molecular formula is C32H30N4Se4. The third-order valence-electron chi connectivity index (χ3n) is 7.48. The Labute approximate surface area is 260 Å². The molecule has 2 aliphatic heterocycles. The number of rotatable bonds is 7. The van der Waals surface area contributed by atoms with Gasteiger partial charge in [-0.1, -0.05) is 0 Å². The van der Waals surface area contributed by atoms with Crippen molar-refractivity contribution < 1.29 is 0 Å². The monoisotopic (exact) mass is 790 g/mol. The van der Waals surface area contributed by atoms with E-state index in [1.807, 2.05) is 24.3 Å². The van der Waals surface area contributed by atoms with Crippen molar-refractivity contribution in [3.63, 3.8) is 0 Å². The van der Waals surface area contributed by atoms with Gasteiger partial charge in [0.1, 0.15) is 0 Å². The molecule has 2 aliphatic rings. The summed E-state index contributed by atoms with van der Waals surface area (Å²) in [6.45, 7) is 4.77. The van der Waals surface area contributed by atoms with Crippen LogP contribution in [0.2, 0.25) is 0 Å². The van der Waals surface area contributed by atoms with Crippen LogP contribution in [0.3, 0.4) is 0 Å². The van der Waals surface area contributed by atoms with Gasteiger partial charge in [0, 0.05) is 0 Å². The van der Waals surface area contributed by atoms with Gasteiger partial charge < -0.3 is 0 Å². The number of hydrogen-bond donors (Lipinski definition) is 0. The predicted molar refractivity (Wildman–Crippen MR) is 170 cm³/mol. The molecule has 4 nitrogen and oxygen atoms in total. The SMILES string of the molecule is N#Cc1ccc(-c2[se]c(N3CCCCC3)cc2[Se][Se]c2cc(N3CCCCC3)[se]c2-c2ccc(C#N)cc2)cc1. The van der Waals surface area contributed by atoms with Crippen LogP contribution in [0.25, 0.3) is 20.0 Å². The van der Waals surface area contributed by atoms with Gasteiger partial charge in [0.25, 0.3) is 0 Å². The summed E-state index contributed by atoms with van der Waals surface area (Å²) in [4.78, 5) is 5.30. The van der Waals surface area contributed by atoms with Crippen LogP contribution < -0.4 is 18.7 Å². The van der Waals surface area contributed by atoms with E-state index in [9.17, 15) is 10.5 Å². The molecule has 202 valence electrons. The van der Waals surface area contributed by atoms with Crippen molar-refractivity contribution in [2.75, 3.05) is 36.0 Å². The van der Waals surface area contributed by atoms with Crippen molar-refractivity contribution in [2.24, 2.45) is 0 Å². The zero-order chi connectivity index (χ0) is 27.3. The number of benzene rings is 2. The molecule has 0 amide bonds. The quantitative estimate of drug-likeness (QED) is 0.265. The van der Waals surface area contributed by atoms with E-state index in [1.165, 1.54) is 84.7 Å². The van der Waals surface area contributed by atoms with Gasteiger partial charge in [0.15, 0.2) is 0 Å². The summed E-state index contributed by atoms with van der Waals surface area (Å²) in [5, 5.41) is 18.7. The normalized spacial score (nSPS) is 15.6. The Morgan fingerprint density at radius 2 is 0.925 bits per heavy atom. The Bertz CT molecular complexity index is 1410. The summed E-state index contributed by atoms with van der Waals surface area (Å²) < 4.78 is 9.31. The fourth-order valence-electron chi connectivity index (χ4n) is 5.27. The summed E-state index contributed by atoms with van der Waals surface area (Å²) in [6.07, 6.45) is 7.92. The van der Waals surface area contributed by atoms with Gasteiger partial charge in [-0.25, -0.2) is 0 Å². The molecule has 0 bridgehead atoms. The van der Waals surface area contributed by atoms with Crippen LogP contribution in [-0.2, 0) is 0 Å². The first-order chi connectivity index (χ1) is 19.7. The average molecular weight is 786 g/mol. The minimum absolute atomic E-state index is 0.317. The number of hydrogen-bond acceptors (Lipinski definition) is 4. The van der Waals surface area contributed by atoms with Crippen LogP contribution >= 0.6 is 0 Å². The Hall–Kier alpha value is -1.94. The first kappa shape index (κ1) is 28.2. The Balaban J connectivity index is 1.33. The van der Waals surface area contributed by atoms with Crippen LogP contribution in [0.5, 0.6) is 0 Å². The molecule has 8 heteroatoms. The minimum atomic E-state index is 0.317. The number of nitrogens with zero attached hydrogens (tertiary/aromatic N) is 4. The van der Waals surface area contributed by atoms with E-state index in [1.54, 1.807) is 18.0 Å². The third-order valence-corrected chi connectivity index (χ3v) is 21.1. The molecular weight excluding hydrogens is 756 g/mol. The fourth-order valence-corrected chi connectivity index (χ4v) is 22.0. The van der Waals surface area contributed by atoms with E-state index >= 15 is 0 Å². The Kier molecular flexibility index (Phi) is 9.41. The molecule has 0 atom stereocenters. The van der Waals surface area contributed by atoms with Crippen molar-refractivity contribution in [3.05, 3.63) is 71.8 Å². The van der Waals surface area contributed by atoms with Gasteiger partial charge in [-0.2, -0.15) is 0 Å². The van der Waals surface area contributed by atoms with Gasteiger partial charge in [0.05, 0.1) is 0 Å². The number of anilines is 2. The van der Waals surface area contributed by atoms with Crippen molar-refractivity contribution in [3.8, 4) is 32.1 Å². The molecule has 40 heavy (non-hydrogen) atoms. The summed E-state index contributed by atoms with van der Waals surface area (Å²) >= 11 is 1.40. The molecule has 0 spiro atoms. The summed E-state index contributed by atoms with van der Waals surface area (Å²) in [6, 6.07) is 26.2. The topological polar surface area (TPSA) is 54.1 Å². The second-order valence-corrected chi connectivity index (χ2v) is 20.7. The first-order valence-electron chi connectivity index (χ1n) is 13.8. The van der Waals surface area contributed by atoms with Crippen LogP contribution in [0.4, 0.5) is 9.12 Å². The Morgan fingerprint density at radius 3 is 1.27 bits per heavy atom. The zero-order valence-electron chi connectivity index (χ0n) is 22.3. The van der Waals surface area contributed by atoms with E-state index in [-0.39, 0.29) is 0 Å². The van der Waals surface area contributed by atoms with E-state index in [0.29, 0.717) is 55.3 Å². The van der Waals surface area contributed by atoms with Crippen LogP contribution in [0.1, 0.15) is 49.7 Å². The maximum absolute atomic E-state index is 9.33. The standard InChI is InChI=1S/C32H30N4Se4/c33-21-23-7-11-25(12-8-23)31-27(19-29(37-31)35-15-3-1-4-16-35)39-40-28-20-30(36-17-5-2-6-18-36)38-32(28)26-13-9-24(22-34)10-14-26/h7-14,19-20H,1-6,15-18H2. The molecule has 6 rings (SSSR count). The zero-order valence-corrected chi connectivity index (χ0v) is 29.1. The second kappa shape index (κ2) is 13.4. The van der Waals surface area contributed by atoms with E-state index in [0.717, 1.165) is 11.1 Å². The van der Waals surface area contributed by atoms with Crippen molar-refractivity contribution >= 4 is 73.3 Å².